The van der Waals surface area contributed by atoms with Crippen molar-refractivity contribution in [2.75, 3.05) is 6.61 Å². The number of benzene rings is 1. The van der Waals surface area contributed by atoms with E-state index >= 15 is 0 Å². The number of halogens is 2. The van der Waals surface area contributed by atoms with E-state index in [4.69, 9.17) is 11.6 Å². The summed E-state index contributed by atoms with van der Waals surface area (Å²) in [6.45, 7) is 0.292. The van der Waals surface area contributed by atoms with Crippen LogP contribution in [0.4, 0.5) is 0 Å². The van der Waals surface area contributed by atoms with Gasteiger partial charge in [-0.15, -0.1) is 0 Å². The zero-order valence-electron chi connectivity index (χ0n) is 7.76. The normalized spacial score (nSPS) is 18.2. The summed E-state index contributed by atoms with van der Waals surface area (Å²) in [5.41, 5.74) is 1.38. The lowest BCUT2D eigenvalue weighted by atomic mass is 9.98. The van der Waals surface area contributed by atoms with E-state index in [1.807, 2.05) is 12.1 Å². The molecule has 0 amide bonds. The SMILES string of the molecule is OCC1(Cc2ccc(Br)c(Cl)c2)CC1. The molecule has 0 aliphatic heterocycles. The summed E-state index contributed by atoms with van der Waals surface area (Å²) in [5, 5.41) is 9.95. The molecule has 0 atom stereocenters. The van der Waals surface area contributed by atoms with E-state index in [1.165, 1.54) is 5.56 Å². The van der Waals surface area contributed by atoms with Gasteiger partial charge in [0.05, 0.1) is 5.02 Å². The van der Waals surface area contributed by atoms with Crippen LogP contribution in [0, 0.1) is 5.41 Å². The van der Waals surface area contributed by atoms with Crippen LogP contribution in [0.15, 0.2) is 22.7 Å². The van der Waals surface area contributed by atoms with E-state index in [0.717, 1.165) is 28.8 Å². The van der Waals surface area contributed by atoms with E-state index in [2.05, 4.69) is 22.0 Å². The second-order valence-corrected chi connectivity index (χ2v) is 5.34. The molecule has 14 heavy (non-hydrogen) atoms. The maximum Gasteiger partial charge on any atom is 0.0550 e. The molecular formula is C11H12BrClO. The molecule has 1 aliphatic rings. The van der Waals surface area contributed by atoms with E-state index in [-0.39, 0.29) is 5.41 Å². The lowest BCUT2D eigenvalue weighted by Crippen LogP contribution is -2.09. The van der Waals surface area contributed by atoms with Crippen LogP contribution in [0.3, 0.4) is 0 Å². The largest absolute Gasteiger partial charge is 0.396 e. The maximum absolute atomic E-state index is 9.20. The van der Waals surface area contributed by atoms with Crippen LogP contribution in [0.1, 0.15) is 18.4 Å². The molecule has 1 saturated carbocycles. The minimum atomic E-state index is 0.164. The summed E-state index contributed by atoms with van der Waals surface area (Å²) >= 11 is 9.36. The van der Waals surface area contributed by atoms with Gasteiger partial charge in [0.25, 0.3) is 0 Å². The summed E-state index contributed by atoms with van der Waals surface area (Å²) in [5.74, 6) is 0. The summed E-state index contributed by atoms with van der Waals surface area (Å²) in [6, 6.07) is 6.00. The minimum absolute atomic E-state index is 0.164. The van der Waals surface area contributed by atoms with E-state index in [9.17, 15) is 5.11 Å². The number of aliphatic hydroxyl groups excluding tert-OH is 1. The fourth-order valence-corrected chi connectivity index (χ4v) is 2.10. The first kappa shape index (κ1) is 10.5. The van der Waals surface area contributed by atoms with Gasteiger partial charge in [0.2, 0.25) is 0 Å². The summed E-state index contributed by atoms with van der Waals surface area (Å²) in [4.78, 5) is 0. The molecule has 1 N–H and O–H groups in total. The second kappa shape index (κ2) is 3.84. The molecule has 0 bridgehead atoms. The fraction of sp³-hybridized carbons (Fsp3) is 0.455. The summed E-state index contributed by atoms with van der Waals surface area (Å²) in [7, 11) is 0. The van der Waals surface area contributed by atoms with Gasteiger partial charge in [-0.2, -0.15) is 0 Å². The van der Waals surface area contributed by atoms with Crippen molar-refractivity contribution in [3.8, 4) is 0 Å². The molecule has 0 saturated heterocycles. The quantitative estimate of drug-likeness (QED) is 0.896. The predicted octanol–water partition coefficient (Wildman–Crippen LogP) is 3.42. The molecule has 0 spiro atoms. The fourth-order valence-electron chi connectivity index (χ4n) is 1.65. The minimum Gasteiger partial charge on any atom is -0.396 e. The molecule has 76 valence electrons. The average Bonchev–Trinajstić information content (AvgIpc) is 2.93. The van der Waals surface area contributed by atoms with Crippen LogP contribution in [0.5, 0.6) is 0 Å². The van der Waals surface area contributed by atoms with Crippen molar-refractivity contribution in [2.24, 2.45) is 5.41 Å². The van der Waals surface area contributed by atoms with Gasteiger partial charge < -0.3 is 5.11 Å². The van der Waals surface area contributed by atoms with E-state index < -0.39 is 0 Å². The molecule has 0 unspecified atom stereocenters. The molecule has 1 aliphatic carbocycles. The van der Waals surface area contributed by atoms with Crippen LogP contribution in [0.25, 0.3) is 0 Å². The Balaban J connectivity index is 2.14. The average molecular weight is 276 g/mol. The van der Waals surface area contributed by atoms with Crippen molar-refractivity contribution in [1.29, 1.82) is 0 Å². The van der Waals surface area contributed by atoms with Gasteiger partial charge in [-0.05, 0) is 58.3 Å². The zero-order valence-corrected chi connectivity index (χ0v) is 10.1. The molecule has 1 nitrogen and oxygen atoms in total. The Hall–Kier alpha value is -0.0500. The lowest BCUT2D eigenvalue weighted by molar-refractivity contribution is 0.211. The zero-order chi connectivity index (χ0) is 10.2. The van der Waals surface area contributed by atoms with Crippen molar-refractivity contribution >= 4 is 27.5 Å². The van der Waals surface area contributed by atoms with Crippen LogP contribution < -0.4 is 0 Å². The van der Waals surface area contributed by atoms with Crippen LogP contribution >= 0.6 is 27.5 Å². The van der Waals surface area contributed by atoms with Crippen molar-refractivity contribution in [3.05, 3.63) is 33.3 Å². The highest BCUT2D eigenvalue weighted by Gasteiger charge is 2.41. The van der Waals surface area contributed by atoms with Crippen molar-refractivity contribution in [1.82, 2.24) is 0 Å². The van der Waals surface area contributed by atoms with Crippen molar-refractivity contribution < 1.29 is 5.11 Å². The number of hydrogen-bond donors (Lipinski definition) is 1. The smallest absolute Gasteiger partial charge is 0.0550 e. The first-order valence-electron chi connectivity index (χ1n) is 4.70. The van der Waals surface area contributed by atoms with Crippen LogP contribution in [0.2, 0.25) is 5.02 Å². The Morgan fingerprint density at radius 2 is 2.14 bits per heavy atom. The maximum atomic E-state index is 9.20. The first-order valence-corrected chi connectivity index (χ1v) is 5.87. The third-order valence-corrected chi connectivity index (χ3v) is 4.09. The molecule has 0 heterocycles. The molecular weight excluding hydrogens is 263 g/mol. The predicted molar refractivity (Wildman–Crippen MR) is 61.6 cm³/mol. The Morgan fingerprint density at radius 3 is 2.64 bits per heavy atom. The van der Waals surface area contributed by atoms with Crippen LogP contribution in [-0.2, 0) is 6.42 Å². The summed E-state index contributed by atoms with van der Waals surface area (Å²) in [6.07, 6.45) is 3.21. The van der Waals surface area contributed by atoms with Gasteiger partial charge in [0.15, 0.2) is 0 Å². The molecule has 1 aromatic rings. The van der Waals surface area contributed by atoms with Gasteiger partial charge in [0, 0.05) is 11.1 Å². The Labute approximate surface area is 97.2 Å². The summed E-state index contributed by atoms with van der Waals surface area (Å²) < 4.78 is 0.928. The highest BCUT2D eigenvalue weighted by atomic mass is 79.9. The highest BCUT2D eigenvalue weighted by molar-refractivity contribution is 9.10. The Morgan fingerprint density at radius 1 is 1.43 bits per heavy atom. The number of hydrogen-bond acceptors (Lipinski definition) is 1. The molecule has 2 rings (SSSR count). The topological polar surface area (TPSA) is 20.2 Å². The molecule has 1 fully saturated rings. The molecule has 0 radical (unpaired) electrons. The monoisotopic (exact) mass is 274 g/mol. The first-order chi connectivity index (χ1) is 6.65. The molecule has 3 heteroatoms. The number of aliphatic hydroxyl groups is 1. The third kappa shape index (κ3) is 2.13. The van der Waals surface area contributed by atoms with Gasteiger partial charge in [-0.3, -0.25) is 0 Å². The van der Waals surface area contributed by atoms with Crippen molar-refractivity contribution in [3.63, 3.8) is 0 Å². The second-order valence-electron chi connectivity index (χ2n) is 4.08. The Kier molecular flexibility index (Phi) is 2.87. The van der Waals surface area contributed by atoms with Gasteiger partial charge in [-0.25, -0.2) is 0 Å². The molecule has 1 aromatic carbocycles. The van der Waals surface area contributed by atoms with Crippen LogP contribution in [-0.4, -0.2) is 11.7 Å². The highest BCUT2D eigenvalue weighted by Crippen LogP contribution is 2.48. The molecule has 0 aromatic heterocycles. The van der Waals surface area contributed by atoms with Gasteiger partial charge in [0.1, 0.15) is 0 Å². The van der Waals surface area contributed by atoms with E-state index in [0.29, 0.717) is 6.61 Å². The van der Waals surface area contributed by atoms with Gasteiger partial charge >= 0.3 is 0 Å². The number of rotatable bonds is 3. The van der Waals surface area contributed by atoms with Crippen molar-refractivity contribution in [2.45, 2.75) is 19.3 Å². The van der Waals surface area contributed by atoms with E-state index in [1.54, 1.807) is 0 Å². The standard InChI is InChI=1S/C11H12BrClO/c12-9-2-1-8(5-10(9)13)6-11(7-14)3-4-11/h1-2,5,14H,3-4,6-7H2. The lowest BCUT2D eigenvalue weighted by Gasteiger charge is -2.11. The third-order valence-electron chi connectivity index (χ3n) is 2.86. The van der Waals surface area contributed by atoms with Gasteiger partial charge in [-0.1, -0.05) is 17.7 Å². The Bertz CT molecular complexity index is 347.